The molecule has 1 saturated heterocycles. The Morgan fingerprint density at radius 3 is 2.28 bits per heavy atom. The molecule has 1 atom stereocenters. The minimum absolute atomic E-state index is 0.0903. The number of benzene rings is 3. The molecule has 1 amide bonds. The van der Waals surface area contributed by atoms with Crippen molar-refractivity contribution in [3.63, 3.8) is 0 Å². The van der Waals surface area contributed by atoms with Crippen molar-refractivity contribution in [1.82, 2.24) is 0 Å². The van der Waals surface area contributed by atoms with Crippen molar-refractivity contribution in [2.24, 2.45) is 5.92 Å². The molecular weight excluding hydrogens is 386 g/mol. The number of rotatable bonds is 5. The Morgan fingerprint density at radius 1 is 0.931 bits per heavy atom. The quantitative estimate of drug-likeness (QED) is 0.448. The average Bonchev–Trinajstić information content (AvgIpc) is 3.13. The summed E-state index contributed by atoms with van der Waals surface area (Å²) >= 11 is 5.90. The normalized spacial score (nSPS) is 16.1. The first-order valence-electron chi connectivity index (χ1n) is 9.49. The fraction of sp³-hybridized carbons (Fsp3) is 0.167. The van der Waals surface area contributed by atoms with Crippen LogP contribution in [-0.2, 0) is 16.0 Å². The van der Waals surface area contributed by atoms with Crippen molar-refractivity contribution in [1.29, 1.82) is 0 Å². The average molecular weight is 406 g/mol. The van der Waals surface area contributed by atoms with E-state index in [1.54, 1.807) is 41.3 Å². The van der Waals surface area contributed by atoms with Crippen molar-refractivity contribution in [2.45, 2.75) is 12.8 Å². The highest BCUT2D eigenvalue weighted by Gasteiger charge is 2.36. The zero-order chi connectivity index (χ0) is 20.2. The molecule has 0 aromatic heterocycles. The van der Waals surface area contributed by atoms with Crippen LogP contribution in [0.5, 0.6) is 5.75 Å². The molecule has 5 heteroatoms. The number of hydrogen-bond acceptors (Lipinski definition) is 3. The SMILES string of the molecule is O=C(Oc1ccc(Cc2ccccc2)cc1)[C@@H]1CC(=O)N(c2ccc(Cl)cc2)C1. The van der Waals surface area contributed by atoms with Crippen LogP contribution in [0.4, 0.5) is 5.69 Å². The molecule has 0 unspecified atom stereocenters. The summed E-state index contributed by atoms with van der Waals surface area (Å²) in [6.45, 7) is 0.311. The van der Waals surface area contributed by atoms with Crippen LogP contribution in [0.15, 0.2) is 78.9 Å². The van der Waals surface area contributed by atoms with Crippen molar-refractivity contribution in [2.75, 3.05) is 11.4 Å². The number of esters is 1. The minimum Gasteiger partial charge on any atom is -0.426 e. The number of amides is 1. The molecule has 0 N–H and O–H groups in total. The maximum atomic E-state index is 12.5. The summed E-state index contributed by atoms with van der Waals surface area (Å²) < 4.78 is 5.52. The van der Waals surface area contributed by atoms with Crippen LogP contribution in [-0.4, -0.2) is 18.4 Å². The van der Waals surface area contributed by atoms with Gasteiger partial charge in [0.2, 0.25) is 5.91 Å². The molecule has 4 nitrogen and oxygen atoms in total. The Balaban J connectivity index is 1.37. The van der Waals surface area contributed by atoms with Gasteiger partial charge in [-0.15, -0.1) is 0 Å². The zero-order valence-electron chi connectivity index (χ0n) is 15.8. The summed E-state index contributed by atoms with van der Waals surface area (Å²) in [7, 11) is 0. The molecule has 3 aromatic rings. The Hall–Kier alpha value is -3.11. The van der Waals surface area contributed by atoms with Crippen molar-refractivity contribution < 1.29 is 14.3 Å². The molecular formula is C24H20ClNO3. The van der Waals surface area contributed by atoms with E-state index in [-0.39, 0.29) is 18.3 Å². The van der Waals surface area contributed by atoms with Crippen molar-refractivity contribution in [3.8, 4) is 5.75 Å². The molecule has 146 valence electrons. The van der Waals surface area contributed by atoms with Gasteiger partial charge in [-0.1, -0.05) is 54.1 Å². The van der Waals surface area contributed by atoms with Gasteiger partial charge in [0.15, 0.2) is 0 Å². The Labute approximate surface area is 174 Å². The number of ether oxygens (including phenoxy) is 1. The van der Waals surface area contributed by atoms with Crippen LogP contribution in [0.25, 0.3) is 0 Å². The number of nitrogens with zero attached hydrogens (tertiary/aromatic N) is 1. The third kappa shape index (κ3) is 4.66. The van der Waals surface area contributed by atoms with Crippen LogP contribution in [0.3, 0.4) is 0 Å². The van der Waals surface area contributed by atoms with Crippen LogP contribution in [0, 0.1) is 5.92 Å². The Kier molecular flexibility index (Phi) is 5.63. The lowest BCUT2D eigenvalue weighted by Gasteiger charge is -2.16. The summed E-state index contributed by atoms with van der Waals surface area (Å²) in [4.78, 5) is 26.5. The first kappa shape index (κ1) is 19.2. The van der Waals surface area contributed by atoms with E-state index >= 15 is 0 Å². The third-order valence-corrected chi connectivity index (χ3v) is 5.24. The zero-order valence-corrected chi connectivity index (χ0v) is 16.5. The number of halogens is 1. The topological polar surface area (TPSA) is 46.6 Å². The molecule has 1 fully saturated rings. The van der Waals surface area contributed by atoms with Crippen molar-refractivity contribution >= 4 is 29.2 Å². The maximum absolute atomic E-state index is 12.5. The van der Waals surface area contributed by atoms with Gasteiger partial charge in [0, 0.05) is 23.7 Å². The van der Waals surface area contributed by atoms with Crippen LogP contribution >= 0.6 is 11.6 Å². The molecule has 1 aliphatic heterocycles. The molecule has 0 aliphatic carbocycles. The van der Waals surface area contributed by atoms with E-state index < -0.39 is 5.92 Å². The Morgan fingerprint density at radius 2 is 1.59 bits per heavy atom. The molecule has 0 spiro atoms. The van der Waals surface area contributed by atoms with E-state index in [9.17, 15) is 9.59 Å². The summed E-state index contributed by atoms with van der Waals surface area (Å²) in [5, 5.41) is 0.604. The monoisotopic (exact) mass is 405 g/mol. The molecule has 1 aliphatic rings. The fourth-order valence-electron chi connectivity index (χ4n) is 3.44. The van der Waals surface area contributed by atoms with Crippen molar-refractivity contribution in [3.05, 3.63) is 95.0 Å². The van der Waals surface area contributed by atoms with Gasteiger partial charge in [-0.3, -0.25) is 9.59 Å². The van der Waals surface area contributed by atoms with E-state index in [1.165, 1.54) is 5.56 Å². The highest BCUT2D eigenvalue weighted by molar-refractivity contribution is 6.30. The predicted molar refractivity (Wildman–Crippen MR) is 113 cm³/mol. The fourth-order valence-corrected chi connectivity index (χ4v) is 3.57. The van der Waals surface area contributed by atoms with Crippen LogP contribution in [0.1, 0.15) is 17.5 Å². The van der Waals surface area contributed by atoms with Gasteiger partial charge in [0.1, 0.15) is 5.75 Å². The van der Waals surface area contributed by atoms with Gasteiger partial charge in [0.25, 0.3) is 0 Å². The number of hydrogen-bond donors (Lipinski definition) is 0. The highest BCUT2D eigenvalue weighted by Crippen LogP contribution is 2.27. The maximum Gasteiger partial charge on any atom is 0.316 e. The highest BCUT2D eigenvalue weighted by atomic mass is 35.5. The lowest BCUT2D eigenvalue weighted by atomic mass is 10.1. The minimum atomic E-state index is -0.484. The number of carbonyl (C=O) groups excluding carboxylic acids is 2. The predicted octanol–water partition coefficient (Wildman–Crippen LogP) is 4.89. The van der Waals surface area contributed by atoms with E-state index in [0.29, 0.717) is 17.3 Å². The van der Waals surface area contributed by atoms with E-state index in [4.69, 9.17) is 16.3 Å². The van der Waals surface area contributed by atoms with Crippen LogP contribution in [0.2, 0.25) is 5.02 Å². The van der Waals surface area contributed by atoms with Gasteiger partial charge < -0.3 is 9.64 Å². The molecule has 3 aromatic carbocycles. The van der Waals surface area contributed by atoms with E-state index in [2.05, 4.69) is 12.1 Å². The molecule has 0 radical (unpaired) electrons. The third-order valence-electron chi connectivity index (χ3n) is 4.99. The number of anilines is 1. The van der Waals surface area contributed by atoms with Gasteiger partial charge in [-0.25, -0.2) is 0 Å². The number of carbonyl (C=O) groups is 2. The summed E-state index contributed by atoms with van der Waals surface area (Å²) in [5.74, 6) is -0.468. The van der Waals surface area contributed by atoms with Gasteiger partial charge >= 0.3 is 5.97 Å². The van der Waals surface area contributed by atoms with Gasteiger partial charge in [-0.2, -0.15) is 0 Å². The molecule has 29 heavy (non-hydrogen) atoms. The van der Waals surface area contributed by atoms with Gasteiger partial charge in [-0.05, 0) is 53.9 Å². The lowest BCUT2D eigenvalue weighted by Crippen LogP contribution is -2.27. The molecule has 1 heterocycles. The Bertz CT molecular complexity index is 1000. The first-order valence-corrected chi connectivity index (χ1v) is 9.87. The summed E-state index contributed by atoms with van der Waals surface area (Å²) in [6, 6.07) is 24.7. The largest absolute Gasteiger partial charge is 0.426 e. The summed E-state index contributed by atoms with van der Waals surface area (Å²) in [6.07, 6.45) is 0.968. The second-order valence-corrected chi connectivity index (χ2v) is 7.55. The summed E-state index contributed by atoms with van der Waals surface area (Å²) in [5.41, 5.74) is 3.10. The van der Waals surface area contributed by atoms with Crippen LogP contribution < -0.4 is 9.64 Å². The second-order valence-electron chi connectivity index (χ2n) is 7.11. The standard InChI is InChI=1S/C24H20ClNO3/c25-20-8-10-21(11-9-20)26-16-19(15-23(26)27)24(28)29-22-12-6-18(7-13-22)14-17-4-2-1-3-5-17/h1-13,19H,14-16H2/t19-/m1/s1. The second kappa shape index (κ2) is 8.50. The van der Waals surface area contributed by atoms with E-state index in [0.717, 1.165) is 17.7 Å². The molecule has 0 bridgehead atoms. The lowest BCUT2D eigenvalue weighted by molar-refractivity contribution is -0.139. The molecule has 4 rings (SSSR count). The smallest absolute Gasteiger partial charge is 0.316 e. The molecule has 0 saturated carbocycles. The van der Waals surface area contributed by atoms with E-state index in [1.807, 2.05) is 30.3 Å². The first-order chi connectivity index (χ1) is 14.1. The van der Waals surface area contributed by atoms with Gasteiger partial charge in [0.05, 0.1) is 5.92 Å².